The number of thiazole rings is 1. The van der Waals surface area contributed by atoms with E-state index in [4.69, 9.17) is 0 Å². The molecule has 1 aromatic heterocycles. The van der Waals surface area contributed by atoms with Crippen LogP contribution in [0.5, 0.6) is 0 Å². The molecule has 0 N–H and O–H groups in total. The molecular weight excluding hydrogens is 404 g/mol. The van der Waals surface area contributed by atoms with Gasteiger partial charge in [0.15, 0.2) is 4.80 Å². The van der Waals surface area contributed by atoms with E-state index in [0.717, 1.165) is 19.6 Å². The van der Waals surface area contributed by atoms with Crippen LogP contribution in [-0.4, -0.2) is 15.7 Å². The van der Waals surface area contributed by atoms with E-state index in [0.29, 0.717) is 15.6 Å². The third-order valence-corrected chi connectivity index (χ3v) is 6.01. The zero-order chi connectivity index (χ0) is 17.3. The molecule has 0 saturated heterocycles. The van der Waals surface area contributed by atoms with Crippen molar-refractivity contribution in [3.63, 3.8) is 0 Å². The summed E-state index contributed by atoms with van der Waals surface area (Å²) in [5.41, 5.74) is 1.69. The summed E-state index contributed by atoms with van der Waals surface area (Å²) in [6, 6.07) is 13.7. The van der Waals surface area contributed by atoms with Gasteiger partial charge in [0.25, 0.3) is 5.91 Å². The lowest BCUT2D eigenvalue weighted by molar-refractivity contribution is 0.0997. The molecule has 0 atom stereocenters. The quantitative estimate of drug-likeness (QED) is 0.542. The second-order valence-corrected chi connectivity index (χ2v) is 9.24. The molecule has 0 unspecified atom stereocenters. The van der Waals surface area contributed by atoms with Crippen molar-refractivity contribution in [1.82, 2.24) is 4.57 Å². The molecule has 3 nitrogen and oxygen atoms in total. The van der Waals surface area contributed by atoms with E-state index in [2.05, 4.69) is 34.8 Å². The zero-order valence-electron chi connectivity index (χ0n) is 13.6. The van der Waals surface area contributed by atoms with Gasteiger partial charge in [-0.05, 0) is 36.4 Å². The number of halogens is 1. The highest BCUT2D eigenvalue weighted by Crippen LogP contribution is 2.24. The number of carbonyl (C=O) groups excluding carboxylic acids is 1. The van der Waals surface area contributed by atoms with Gasteiger partial charge in [0.05, 0.1) is 10.2 Å². The zero-order valence-corrected chi connectivity index (χ0v) is 16.8. The lowest BCUT2D eigenvalue weighted by Crippen LogP contribution is -2.13. The van der Waals surface area contributed by atoms with Crippen LogP contribution in [-0.2, 0) is 7.05 Å². The molecule has 124 valence electrons. The maximum atomic E-state index is 12.6. The number of carbonyl (C=O) groups is 1. The predicted octanol–water partition coefficient (Wildman–Crippen LogP) is 5.24. The van der Waals surface area contributed by atoms with Crippen LogP contribution < -0.4 is 4.80 Å². The molecule has 1 heterocycles. The Hall–Kier alpha value is -1.37. The smallest absolute Gasteiger partial charge is 0.279 e. The van der Waals surface area contributed by atoms with Gasteiger partial charge in [0.1, 0.15) is 0 Å². The predicted molar refractivity (Wildman–Crippen MR) is 106 cm³/mol. The molecule has 0 bridgehead atoms. The highest BCUT2D eigenvalue weighted by molar-refractivity contribution is 9.10. The normalized spacial score (nSPS) is 12.3. The summed E-state index contributed by atoms with van der Waals surface area (Å²) in [5.74, 6) is -0.206. The molecule has 2 aromatic carbocycles. The Bertz CT molecular complexity index is 973. The van der Waals surface area contributed by atoms with E-state index in [1.165, 1.54) is 11.3 Å². The van der Waals surface area contributed by atoms with E-state index in [-0.39, 0.29) is 5.91 Å². The van der Waals surface area contributed by atoms with Gasteiger partial charge in [-0.15, -0.1) is 11.8 Å². The number of amides is 1. The first-order chi connectivity index (χ1) is 11.4. The number of aryl methyl sites for hydroxylation is 1. The van der Waals surface area contributed by atoms with Crippen LogP contribution in [0.2, 0.25) is 0 Å². The third kappa shape index (κ3) is 3.82. The molecule has 1 amide bonds. The van der Waals surface area contributed by atoms with Crippen molar-refractivity contribution in [3.05, 3.63) is 57.3 Å². The van der Waals surface area contributed by atoms with Crippen LogP contribution in [0.15, 0.2) is 56.8 Å². The molecule has 3 aromatic rings. The van der Waals surface area contributed by atoms with Crippen molar-refractivity contribution in [2.45, 2.75) is 24.0 Å². The molecule has 0 aliphatic rings. The van der Waals surface area contributed by atoms with Gasteiger partial charge in [-0.3, -0.25) is 4.79 Å². The Balaban J connectivity index is 1.99. The average molecular weight is 421 g/mol. The second kappa shape index (κ2) is 7.25. The van der Waals surface area contributed by atoms with Gasteiger partial charge in [0, 0.05) is 27.2 Å². The molecule has 3 rings (SSSR count). The molecule has 0 spiro atoms. The Morgan fingerprint density at radius 3 is 2.79 bits per heavy atom. The highest BCUT2D eigenvalue weighted by Gasteiger charge is 2.09. The maximum Gasteiger partial charge on any atom is 0.279 e. The van der Waals surface area contributed by atoms with Crippen LogP contribution in [0.25, 0.3) is 10.2 Å². The van der Waals surface area contributed by atoms with E-state index < -0.39 is 0 Å². The number of thioether (sulfide) groups is 1. The van der Waals surface area contributed by atoms with Crippen molar-refractivity contribution < 1.29 is 4.79 Å². The van der Waals surface area contributed by atoms with Crippen LogP contribution in [0.3, 0.4) is 0 Å². The van der Waals surface area contributed by atoms with Gasteiger partial charge in [-0.1, -0.05) is 47.2 Å². The molecule has 6 heteroatoms. The standard InChI is InChI=1S/C18H17BrN2OS2/c1-11(2)23-14-6-4-5-12(9-14)17(22)20-18-21(3)15-8-7-13(19)10-16(15)24-18/h4-11H,1-3H3. The largest absolute Gasteiger partial charge is 0.319 e. The fraction of sp³-hybridized carbons (Fsp3) is 0.222. The van der Waals surface area contributed by atoms with Crippen molar-refractivity contribution in [2.75, 3.05) is 0 Å². The number of aromatic nitrogens is 1. The maximum absolute atomic E-state index is 12.6. The molecule has 0 radical (unpaired) electrons. The lowest BCUT2D eigenvalue weighted by Gasteiger charge is -2.05. The summed E-state index contributed by atoms with van der Waals surface area (Å²) in [6.07, 6.45) is 0. The highest BCUT2D eigenvalue weighted by atomic mass is 79.9. The summed E-state index contributed by atoms with van der Waals surface area (Å²) in [5, 5.41) is 0.478. The number of benzene rings is 2. The molecular formula is C18H17BrN2OS2. The first-order valence-electron chi connectivity index (χ1n) is 7.55. The Labute approximate surface area is 157 Å². The summed E-state index contributed by atoms with van der Waals surface area (Å²) < 4.78 is 4.08. The SMILES string of the molecule is CC(C)Sc1cccc(C(=O)N=c2sc3cc(Br)ccc3n2C)c1. The van der Waals surface area contributed by atoms with Gasteiger partial charge >= 0.3 is 0 Å². The first-order valence-corrected chi connectivity index (χ1v) is 10.0. The number of nitrogens with zero attached hydrogens (tertiary/aromatic N) is 2. The third-order valence-electron chi connectivity index (χ3n) is 3.42. The minimum atomic E-state index is -0.206. The minimum Gasteiger partial charge on any atom is -0.319 e. The number of hydrogen-bond acceptors (Lipinski definition) is 3. The summed E-state index contributed by atoms with van der Waals surface area (Å²) >= 11 is 6.74. The molecule has 24 heavy (non-hydrogen) atoms. The minimum absolute atomic E-state index is 0.206. The Morgan fingerprint density at radius 1 is 1.25 bits per heavy atom. The van der Waals surface area contributed by atoms with Crippen molar-refractivity contribution in [1.29, 1.82) is 0 Å². The van der Waals surface area contributed by atoms with Crippen LogP contribution >= 0.6 is 39.0 Å². The second-order valence-electron chi connectivity index (χ2n) is 5.67. The van der Waals surface area contributed by atoms with E-state index in [9.17, 15) is 4.79 Å². The molecule has 0 aliphatic carbocycles. The van der Waals surface area contributed by atoms with Crippen molar-refractivity contribution in [2.24, 2.45) is 12.0 Å². The summed E-state index contributed by atoms with van der Waals surface area (Å²) in [7, 11) is 1.93. The number of rotatable bonds is 3. The summed E-state index contributed by atoms with van der Waals surface area (Å²) in [4.78, 5) is 18.7. The Morgan fingerprint density at radius 2 is 2.04 bits per heavy atom. The monoisotopic (exact) mass is 420 g/mol. The van der Waals surface area contributed by atoms with Crippen LogP contribution in [0, 0.1) is 0 Å². The fourth-order valence-corrected chi connectivity index (χ4v) is 4.81. The topological polar surface area (TPSA) is 34.4 Å². The molecule has 0 saturated carbocycles. The van der Waals surface area contributed by atoms with E-state index in [1.54, 1.807) is 11.8 Å². The summed E-state index contributed by atoms with van der Waals surface area (Å²) in [6.45, 7) is 4.28. The van der Waals surface area contributed by atoms with Gasteiger partial charge in [0.2, 0.25) is 0 Å². The first kappa shape index (κ1) is 17.5. The van der Waals surface area contributed by atoms with Gasteiger partial charge in [-0.2, -0.15) is 4.99 Å². The molecule has 0 aliphatic heterocycles. The number of hydrogen-bond donors (Lipinski definition) is 0. The van der Waals surface area contributed by atoms with Crippen LogP contribution in [0.1, 0.15) is 24.2 Å². The molecule has 0 fully saturated rings. The average Bonchev–Trinajstić information content (AvgIpc) is 2.82. The van der Waals surface area contributed by atoms with Crippen LogP contribution in [0.4, 0.5) is 0 Å². The van der Waals surface area contributed by atoms with Crippen molar-refractivity contribution >= 4 is 55.2 Å². The Kier molecular flexibility index (Phi) is 5.27. The van der Waals surface area contributed by atoms with Crippen molar-refractivity contribution in [3.8, 4) is 0 Å². The van der Waals surface area contributed by atoms with E-state index in [1.807, 2.05) is 54.1 Å². The van der Waals surface area contributed by atoms with E-state index >= 15 is 0 Å². The van der Waals surface area contributed by atoms with Gasteiger partial charge < -0.3 is 4.57 Å². The number of fused-ring (bicyclic) bond motifs is 1. The fourth-order valence-electron chi connectivity index (χ4n) is 2.34. The van der Waals surface area contributed by atoms with Gasteiger partial charge in [-0.25, -0.2) is 0 Å². The lowest BCUT2D eigenvalue weighted by atomic mass is 10.2.